The summed E-state index contributed by atoms with van der Waals surface area (Å²) in [5.74, 6) is -0.202. The van der Waals surface area contributed by atoms with E-state index in [0.29, 0.717) is 22.8 Å². The summed E-state index contributed by atoms with van der Waals surface area (Å²) in [6.45, 7) is 9.36. The third kappa shape index (κ3) is 5.21. The zero-order valence-electron chi connectivity index (χ0n) is 16.3. The van der Waals surface area contributed by atoms with E-state index in [1.807, 2.05) is 58.9 Å². The first-order chi connectivity index (χ1) is 12.1. The highest BCUT2D eigenvalue weighted by molar-refractivity contribution is 7.99. The molecule has 0 saturated carbocycles. The molecule has 0 amide bonds. The molecule has 0 aliphatic carbocycles. The average Bonchev–Trinajstić information content (AvgIpc) is 2.53. The Kier molecular flexibility index (Phi) is 6.29. The van der Waals surface area contributed by atoms with Crippen molar-refractivity contribution in [2.24, 2.45) is 7.05 Å². The molecule has 2 aromatic rings. The first-order valence-corrected chi connectivity index (χ1v) is 9.52. The second-order valence-corrected chi connectivity index (χ2v) is 8.24. The minimum atomic E-state index is -0.524. The molecular formula is C20H26N2O3S. The van der Waals surface area contributed by atoms with Crippen LogP contribution in [0.4, 0.5) is 0 Å². The van der Waals surface area contributed by atoms with Crippen LogP contribution in [-0.4, -0.2) is 26.9 Å². The molecule has 1 aromatic carbocycles. The van der Waals surface area contributed by atoms with Crippen LogP contribution in [0.25, 0.3) is 0 Å². The molecule has 140 valence electrons. The average molecular weight is 375 g/mol. The van der Waals surface area contributed by atoms with Crippen LogP contribution in [0.15, 0.2) is 34.2 Å². The molecular weight excluding hydrogens is 348 g/mol. The SMILES string of the molecule is Cc1ccccc1Cc1c(C)nc(SCC(=O)OC(C)(C)C)n(C)c1=O. The van der Waals surface area contributed by atoms with Crippen LogP contribution >= 0.6 is 11.8 Å². The summed E-state index contributed by atoms with van der Waals surface area (Å²) >= 11 is 1.22. The molecule has 0 aliphatic heterocycles. The van der Waals surface area contributed by atoms with Gasteiger partial charge in [0.25, 0.3) is 5.56 Å². The summed E-state index contributed by atoms with van der Waals surface area (Å²) < 4.78 is 6.81. The lowest BCUT2D eigenvalue weighted by Crippen LogP contribution is -2.27. The second kappa shape index (κ2) is 8.08. The molecule has 0 unspecified atom stereocenters. The van der Waals surface area contributed by atoms with E-state index in [1.165, 1.54) is 16.3 Å². The van der Waals surface area contributed by atoms with Gasteiger partial charge in [0.1, 0.15) is 5.60 Å². The van der Waals surface area contributed by atoms with E-state index in [4.69, 9.17) is 4.74 Å². The van der Waals surface area contributed by atoms with Gasteiger partial charge >= 0.3 is 5.97 Å². The van der Waals surface area contributed by atoms with Gasteiger partial charge in [0.2, 0.25) is 0 Å². The number of benzene rings is 1. The Labute approximate surface area is 158 Å². The van der Waals surface area contributed by atoms with Gasteiger partial charge in [-0.25, -0.2) is 4.98 Å². The van der Waals surface area contributed by atoms with Crippen LogP contribution in [0, 0.1) is 13.8 Å². The van der Waals surface area contributed by atoms with Crippen molar-refractivity contribution in [2.45, 2.75) is 51.8 Å². The van der Waals surface area contributed by atoms with E-state index in [1.54, 1.807) is 7.05 Å². The number of carbonyl (C=O) groups is 1. The Balaban J connectivity index is 2.21. The van der Waals surface area contributed by atoms with Crippen molar-refractivity contribution in [1.29, 1.82) is 0 Å². The Morgan fingerprint density at radius 3 is 2.50 bits per heavy atom. The van der Waals surface area contributed by atoms with Gasteiger partial charge in [-0.2, -0.15) is 0 Å². The number of hydrogen-bond donors (Lipinski definition) is 0. The largest absolute Gasteiger partial charge is 0.459 e. The summed E-state index contributed by atoms with van der Waals surface area (Å²) in [4.78, 5) is 29.2. The number of aryl methyl sites for hydroxylation is 2. The van der Waals surface area contributed by atoms with E-state index in [-0.39, 0.29) is 17.3 Å². The Hall–Kier alpha value is -2.08. The lowest BCUT2D eigenvalue weighted by molar-refractivity contribution is -0.151. The molecule has 6 heteroatoms. The van der Waals surface area contributed by atoms with Crippen LogP contribution in [0.2, 0.25) is 0 Å². The van der Waals surface area contributed by atoms with Crippen LogP contribution in [-0.2, 0) is 23.0 Å². The highest BCUT2D eigenvalue weighted by Gasteiger charge is 2.18. The lowest BCUT2D eigenvalue weighted by Gasteiger charge is -2.19. The van der Waals surface area contributed by atoms with Gasteiger partial charge in [0.05, 0.1) is 5.75 Å². The summed E-state index contributed by atoms with van der Waals surface area (Å²) in [5, 5.41) is 0.520. The Morgan fingerprint density at radius 1 is 1.23 bits per heavy atom. The highest BCUT2D eigenvalue weighted by Crippen LogP contribution is 2.19. The molecule has 0 atom stereocenters. The van der Waals surface area contributed by atoms with Gasteiger partial charge in [0.15, 0.2) is 5.16 Å². The molecule has 0 saturated heterocycles. The lowest BCUT2D eigenvalue weighted by atomic mass is 10.0. The highest BCUT2D eigenvalue weighted by atomic mass is 32.2. The molecule has 0 spiro atoms. The van der Waals surface area contributed by atoms with Gasteiger partial charge in [-0.1, -0.05) is 36.0 Å². The molecule has 0 bridgehead atoms. The van der Waals surface area contributed by atoms with E-state index in [2.05, 4.69) is 4.98 Å². The molecule has 5 nitrogen and oxygen atoms in total. The maximum Gasteiger partial charge on any atom is 0.316 e. The van der Waals surface area contributed by atoms with E-state index in [0.717, 1.165) is 11.1 Å². The maximum absolute atomic E-state index is 12.8. The minimum Gasteiger partial charge on any atom is -0.459 e. The standard InChI is InChI=1S/C20H26N2O3S/c1-13-9-7-8-10-15(13)11-16-14(2)21-19(22(6)18(16)24)26-12-17(23)25-20(3,4)5/h7-10H,11-12H2,1-6H3. The monoisotopic (exact) mass is 374 g/mol. The number of thioether (sulfide) groups is 1. The van der Waals surface area contributed by atoms with Crippen molar-refractivity contribution in [1.82, 2.24) is 9.55 Å². The number of aromatic nitrogens is 2. The minimum absolute atomic E-state index is 0.0764. The molecule has 2 rings (SSSR count). The zero-order valence-corrected chi connectivity index (χ0v) is 17.1. The molecule has 0 aliphatic rings. The van der Waals surface area contributed by atoms with Gasteiger partial charge in [-0.3, -0.25) is 14.2 Å². The molecule has 0 radical (unpaired) electrons. The normalized spacial score (nSPS) is 11.5. The fourth-order valence-electron chi connectivity index (χ4n) is 2.56. The summed E-state index contributed by atoms with van der Waals surface area (Å²) in [7, 11) is 1.69. The van der Waals surface area contributed by atoms with Crippen molar-refractivity contribution >= 4 is 17.7 Å². The number of esters is 1. The first-order valence-electron chi connectivity index (χ1n) is 8.54. The van der Waals surface area contributed by atoms with Crippen molar-refractivity contribution in [3.05, 3.63) is 57.0 Å². The molecule has 1 heterocycles. The zero-order chi connectivity index (χ0) is 19.5. The number of nitrogens with zero attached hydrogens (tertiary/aromatic N) is 2. The predicted molar refractivity (Wildman–Crippen MR) is 105 cm³/mol. The van der Waals surface area contributed by atoms with Crippen LogP contribution in [0.5, 0.6) is 0 Å². The number of carbonyl (C=O) groups excluding carboxylic acids is 1. The fourth-order valence-corrected chi connectivity index (χ4v) is 3.34. The van der Waals surface area contributed by atoms with Gasteiger partial charge < -0.3 is 4.74 Å². The van der Waals surface area contributed by atoms with E-state index in [9.17, 15) is 9.59 Å². The first kappa shape index (κ1) is 20.2. The molecule has 0 N–H and O–H groups in total. The van der Waals surface area contributed by atoms with Gasteiger partial charge in [-0.05, 0) is 45.7 Å². The molecule has 26 heavy (non-hydrogen) atoms. The Bertz CT molecular complexity index is 866. The maximum atomic E-state index is 12.8. The van der Waals surface area contributed by atoms with E-state index >= 15 is 0 Å². The quantitative estimate of drug-likeness (QED) is 0.456. The summed E-state index contributed by atoms with van der Waals surface area (Å²) in [6.07, 6.45) is 0.551. The van der Waals surface area contributed by atoms with Gasteiger partial charge in [-0.15, -0.1) is 0 Å². The van der Waals surface area contributed by atoms with Crippen molar-refractivity contribution in [2.75, 3.05) is 5.75 Å². The number of ether oxygens (including phenoxy) is 1. The topological polar surface area (TPSA) is 61.2 Å². The van der Waals surface area contributed by atoms with Crippen molar-refractivity contribution in [3.63, 3.8) is 0 Å². The summed E-state index contributed by atoms with van der Waals surface area (Å²) in [6, 6.07) is 8.02. The number of rotatable bonds is 5. The van der Waals surface area contributed by atoms with Crippen LogP contribution in [0.1, 0.15) is 43.2 Å². The second-order valence-electron chi connectivity index (χ2n) is 7.30. The van der Waals surface area contributed by atoms with Gasteiger partial charge in [0, 0.05) is 24.7 Å². The fraction of sp³-hybridized carbons (Fsp3) is 0.450. The van der Waals surface area contributed by atoms with E-state index < -0.39 is 5.60 Å². The molecule has 1 aromatic heterocycles. The van der Waals surface area contributed by atoms with Crippen LogP contribution in [0.3, 0.4) is 0 Å². The summed E-state index contributed by atoms with van der Waals surface area (Å²) in [5.41, 5.74) is 3.05. The third-order valence-corrected chi connectivity index (χ3v) is 4.92. The van der Waals surface area contributed by atoms with Crippen molar-refractivity contribution in [3.8, 4) is 0 Å². The van der Waals surface area contributed by atoms with Crippen molar-refractivity contribution < 1.29 is 9.53 Å². The number of hydrogen-bond acceptors (Lipinski definition) is 5. The third-order valence-electron chi connectivity index (χ3n) is 3.92. The smallest absolute Gasteiger partial charge is 0.316 e. The predicted octanol–water partition coefficient (Wildman–Crippen LogP) is 3.42. The molecule has 0 fully saturated rings. The van der Waals surface area contributed by atoms with Crippen LogP contribution < -0.4 is 5.56 Å². The Morgan fingerprint density at radius 2 is 1.88 bits per heavy atom.